The molecular weight excluding hydrogens is 270 g/mol. The maximum atomic E-state index is 11.0. The summed E-state index contributed by atoms with van der Waals surface area (Å²) in [7, 11) is 1.62. The molecule has 0 aliphatic rings. The third kappa shape index (κ3) is 3.68. The van der Waals surface area contributed by atoms with Crippen LogP contribution in [0.3, 0.4) is 0 Å². The van der Waals surface area contributed by atoms with Crippen LogP contribution in [0.25, 0.3) is 0 Å². The molecule has 0 saturated heterocycles. The highest BCUT2D eigenvalue weighted by Crippen LogP contribution is 2.20. The molecule has 2 rings (SSSR count). The number of hydrogen-bond acceptors (Lipinski definition) is 5. The predicted octanol–water partition coefficient (Wildman–Crippen LogP) is 2.66. The Morgan fingerprint density at radius 2 is 1.95 bits per heavy atom. The van der Waals surface area contributed by atoms with Gasteiger partial charge >= 0.3 is 5.97 Å². The summed E-state index contributed by atoms with van der Waals surface area (Å²) >= 11 is 0. The number of carboxylic acids is 1. The van der Waals surface area contributed by atoms with Gasteiger partial charge in [-0.05, 0) is 37.6 Å². The van der Waals surface area contributed by atoms with E-state index in [2.05, 4.69) is 15.3 Å². The summed E-state index contributed by atoms with van der Waals surface area (Å²) in [5.41, 5.74) is 1.61. The van der Waals surface area contributed by atoms with Crippen LogP contribution in [0.2, 0.25) is 0 Å². The smallest absolute Gasteiger partial charge is 0.354 e. The van der Waals surface area contributed by atoms with Gasteiger partial charge in [0.2, 0.25) is 5.95 Å². The molecule has 2 aromatic rings. The lowest BCUT2D eigenvalue weighted by Crippen LogP contribution is -2.12. The standard InChI is InChI=1S/C15H17N3O3/c1-9-8-13(14(19)20)18-15(16-9)17-10(2)11-4-6-12(21-3)7-5-11/h4-8,10H,1-3H3,(H,19,20)(H,16,17,18). The second-order valence-electron chi connectivity index (χ2n) is 4.66. The second kappa shape index (κ2) is 6.21. The van der Waals surface area contributed by atoms with Crippen LogP contribution in [0.1, 0.15) is 34.7 Å². The van der Waals surface area contributed by atoms with Crippen molar-refractivity contribution in [2.45, 2.75) is 19.9 Å². The highest BCUT2D eigenvalue weighted by Gasteiger charge is 2.11. The molecule has 0 amide bonds. The molecule has 0 spiro atoms. The molecule has 0 radical (unpaired) electrons. The lowest BCUT2D eigenvalue weighted by Gasteiger charge is -2.15. The Bertz CT molecular complexity index is 641. The number of carbonyl (C=O) groups is 1. The van der Waals surface area contributed by atoms with E-state index in [9.17, 15) is 4.79 Å². The van der Waals surface area contributed by atoms with Crippen molar-refractivity contribution in [3.8, 4) is 5.75 Å². The molecule has 1 heterocycles. The van der Waals surface area contributed by atoms with Crippen LogP contribution in [-0.4, -0.2) is 28.2 Å². The molecule has 1 atom stereocenters. The Morgan fingerprint density at radius 3 is 2.52 bits per heavy atom. The zero-order chi connectivity index (χ0) is 15.4. The average Bonchev–Trinajstić information content (AvgIpc) is 2.46. The Hall–Kier alpha value is -2.63. The fraction of sp³-hybridized carbons (Fsp3) is 0.267. The lowest BCUT2D eigenvalue weighted by atomic mass is 10.1. The van der Waals surface area contributed by atoms with Crippen LogP contribution in [0.5, 0.6) is 5.75 Å². The maximum Gasteiger partial charge on any atom is 0.354 e. The fourth-order valence-electron chi connectivity index (χ4n) is 1.91. The van der Waals surface area contributed by atoms with E-state index in [4.69, 9.17) is 9.84 Å². The highest BCUT2D eigenvalue weighted by atomic mass is 16.5. The Kier molecular flexibility index (Phi) is 4.37. The molecule has 0 saturated carbocycles. The summed E-state index contributed by atoms with van der Waals surface area (Å²) in [6.07, 6.45) is 0. The van der Waals surface area contributed by atoms with Gasteiger partial charge in [-0.25, -0.2) is 14.8 Å². The zero-order valence-electron chi connectivity index (χ0n) is 12.1. The molecule has 0 aliphatic carbocycles. The van der Waals surface area contributed by atoms with Crippen LogP contribution >= 0.6 is 0 Å². The highest BCUT2D eigenvalue weighted by molar-refractivity contribution is 5.85. The average molecular weight is 287 g/mol. The van der Waals surface area contributed by atoms with Crippen molar-refractivity contribution in [3.63, 3.8) is 0 Å². The van der Waals surface area contributed by atoms with Crippen molar-refractivity contribution in [3.05, 3.63) is 47.3 Å². The van der Waals surface area contributed by atoms with Crippen molar-refractivity contribution >= 4 is 11.9 Å². The van der Waals surface area contributed by atoms with Crippen LogP contribution in [0.4, 0.5) is 5.95 Å². The number of nitrogens with one attached hydrogen (secondary N) is 1. The maximum absolute atomic E-state index is 11.0. The molecule has 6 nitrogen and oxygen atoms in total. The number of methoxy groups -OCH3 is 1. The van der Waals surface area contributed by atoms with E-state index in [1.807, 2.05) is 31.2 Å². The minimum atomic E-state index is -1.07. The molecule has 110 valence electrons. The molecule has 1 unspecified atom stereocenters. The van der Waals surface area contributed by atoms with Crippen molar-refractivity contribution < 1.29 is 14.6 Å². The molecule has 0 aliphatic heterocycles. The van der Waals surface area contributed by atoms with Gasteiger partial charge in [-0.2, -0.15) is 0 Å². The molecule has 6 heteroatoms. The number of benzene rings is 1. The predicted molar refractivity (Wildman–Crippen MR) is 78.8 cm³/mol. The summed E-state index contributed by atoms with van der Waals surface area (Å²) in [6, 6.07) is 8.99. The lowest BCUT2D eigenvalue weighted by molar-refractivity contribution is 0.0690. The number of rotatable bonds is 5. The van der Waals surface area contributed by atoms with Gasteiger partial charge in [-0.1, -0.05) is 12.1 Å². The van der Waals surface area contributed by atoms with Gasteiger partial charge in [0.25, 0.3) is 0 Å². The molecular formula is C15H17N3O3. The number of aryl methyl sites for hydroxylation is 1. The number of ether oxygens (including phenoxy) is 1. The molecule has 0 fully saturated rings. The number of anilines is 1. The van der Waals surface area contributed by atoms with E-state index in [0.717, 1.165) is 11.3 Å². The summed E-state index contributed by atoms with van der Waals surface area (Å²) in [5, 5.41) is 12.1. The number of aromatic carboxylic acids is 1. The number of carboxylic acid groups (broad SMARTS) is 1. The number of hydrogen-bond donors (Lipinski definition) is 2. The first-order valence-electron chi connectivity index (χ1n) is 6.49. The Balaban J connectivity index is 2.18. The van der Waals surface area contributed by atoms with E-state index >= 15 is 0 Å². The van der Waals surface area contributed by atoms with Gasteiger partial charge in [0.15, 0.2) is 5.69 Å². The van der Waals surface area contributed by atoms with Crippen molar-refractivity contribution in [1.29, 1.82) is 0 Å². The van der Waals surface area contributed by atoms with Crippen LogP contribution in [0.15, 0.2) is 30.3 Å². The van der Waals surface area contributed by atoms with Crippen molar-refractivity contribution in [2.24, 2.45) is 0 Å². The van der Waals surface area contributed by atoms with Crippen molar-refractivity contribution in [2.75, 3.05) is 12.4 Å². The Labute approximate surface area is 122 Å². The molecule has 21 heavy (non-hydrogen) atoms. The van der Waals surface area contributed by atoms with Crippen LogP contribution in [-0.2, 0) is 0 Å². The van der Waals surface area contributed by atoms with E-state index < -0.39 is 5.97 Å². The van der Waals surface area contributed by atoms with Gasteiger partial charge < -0.3 is 15.2 Å². The molecule has 1 aromatic carbocycles. The zero-order valence-corrected chi connectivity index (χ0v) is 12.1. The van der Waals surface area contributed by atoms with Gasteiger partial charge in [-0.15, -0.1) is 0 Å². The second-order valence-corrected chi connectivity index (χ2v) is 4.66. The summed E-state index contributed by atoms with van der Waals surface area (Å²) in [5.74, 6) is 0.0160. The topological polar surface area (TPSA) is 84.3 Å². The monoisotopic (exact) mass is 287 g/mol. The van der Waals surface area contributed by atoms with Gasteiger partial charge in [-0.3, -0.25) is 0 Å². The summed E-state index contributed by atoms with van der Waals surface area (Å²) < 4.78 is 5.11. The molecule has 2 N–H and O–H groups in total. The minimum absolute atomic E-state index is 0.0214. The van der Waals surface area contributed by atoms with E-state index in [-0.39, 0.29) is 11.7 Å². The van der Waals surface area contributed by atoms with E-state index in [1.165, 1.54) is 6.07 Å². The molecule has 1 aromatic heterocycles. The van der Waals surface area contributed by atoms with Gasteiger partial charge in [0.05, 0.1) is 13.2 Å². The summed E-state index contributed by atoms with van der Waals surface area (Å²) in [4.78, 5) is 19.2. The van der Waals surface area contributed by atoms with E-state index in [0.29, 0.717) is 11.6 Å². The van der Waals surface area contributed by atoms with Crippen LogP contribution < -0.4 is 10.1 Å². The van der Waals surface area contributed by atoms with Gasteiger partial charge in [0.1, 0.15) is 5.75 Å². The van der Waals surface area contributed by atoms with Crippen molar-refractivity contribution in [1.82, 2.24) is 9.97 Å². The quantitative estimate of drug-likeness (QED) is 0.879. The van der Waals surface area contributed by atoms with Gasteiger partial charge in [0, 0.05) is 5.69 Å². The number of nitrogens with zero attached hydrogens (tertiary/aromatic N) is 2. The largest absolute Gasteiger partial charge is 0.497 e. The SMILES string of the molecule is COc1ccc(C(C)Nc2nc(C)cc(C(=O)O)n2)cc1. The first kappa shape index (κ1) is 14.8. The fourth-order valence-corrected chi connectivity index (χ4v) is 1.91. The molecule has 0 bridgehead atoms. The minimum Gasteiger partial charge on any atom is -0.497 e. The third-order valence-corrected chi connectivity index (χ3v) is 3.03. The van der Waals surface area contributed by atoms with E-state index in [1.54, 1.807) is 14.0 Å². The van der Waals surface area contributed by atoms with Crippen LogP contribution in [0, 0.1) is 6.92 Å². The Morgan fingerprint density at radius 1 is 1.29 bits per heavy atom. The first-order chi connectivity index (χ1) is 9.99. The number of aromatic nitrogens is 2. The summed E-state index contributed by atoms with van der Waals surface area (Å²) in [6.45, 7) is 3.69. The first-order valence-corrected chi connectivity index (χ1v) is 6.49. The third-order valence-electron chi connectivity index (χ3n) is 3.03. The normalized spacial score (nSPS) is 11.8.